The molecule has 1 aliphatic rings. The quantitative estimate of drug-likeness (QED) is 0.488. The van der Waals surface area contributed by atoms with E-state index in [4.69, 9.17) is 18.0 Å². The van der Waals surface area contributed by atoms with Gasteiger partial charge in [-0.25, -0.2) is 0 Å². The summed E-state index contributed by atoms with van der Waals surface area (Å²) in [6.45, 7) is 0.776. The van der Waals surface area contributed by atoms with Crippen LogP contribution >= 0.6 is 0 Å². The van der Waals surface area contributed by atoms with E-state index < -0.39 is 8.80 Å². The molecule has 1 N–H and O–H groups in total. The Balaban J connectivity index is 2.24. The minimum atomic E-state index is -2.51. The molecule has 0 aromatic rings. The highest BCUT2D eigenvalue weighted by atomic mass is 28.4. The summed E-state index contributed by atoms with van der Waals surface area (Å²) in [5.74, 6) is 0. The van der Waals surface area contributed by atoms with Gasteiger partial charge in [0.2, 0.25) is 0 Å². The molecule has 1 fully saturated rings. The van der Waals surface area contributed by atoms with Crippen LogP contribution in [0, 0.1) is 0 Å². The van der Waals surface area contributed by atoms with Gasteiger partial charge in [0.05, 0.1) is 18.8 Å². The van der Waals surface area contributed by atoms with Gasteiger partial charge in [0.15, 0.2) is 0 Å². The van der Waals surface area contributed by atoms with Crippen LogP contribution in [-0.4, -0.2) is 54.1 Å². The molecule has 1 saturated heterocycles. The molecule has 15 heavy (non-hydrogen) atoms. The third kappa shape index (κ3) is 4.18. The lowest BCUT2D eigenvalue weighted by Crippen LogP contribution is -2.43. The molecule has 2 atom stereocenters. The van der Waals surface area contributed by atoms with Crippen LogP contribution in [0.2, 0.25) is 6.04 Å². The van der Waals surface area contributed by atoms with Gasteiger partial charge in [0, 0.05) is 33.8 Å². The van der Waals surface area contributed by atoms with Crippen LogP contribution in [0.3, 0.4) is 0 Å². The second-order valence-corrected chi connectivity index (χ2v) is 6.77. The first-order chi connectivity index (χ1) is 7.15. The Morgan fingerprint density at radius 3 is 2.27 bits per heavy atom. The Morgan fingerprint density at radius 1 is 1.33 bits per heavy atom. The summed E-state index contributed by atoms with van der Waals surface area (Å²) in [6, 6.07) is 0.629. The highest BCUT2D eigenvalue weighted by molar-refractivity contribution is 6.60. The maximum absolute atomic E-state index is 9.69. The third-order valence-electron chi connectivity index (χ3n) is 2.65. The number of hydrogen-bond donors (Lipinski definition) is 1. The Morgan fingerprint density at radius 2 is 1.87 bits per heavy atom. The monoisotopic (exact) mass is 236 g/mol. The molecular formula is C9H20O5Si. The van der Waals surface area contributed by atoms with E-state index in [9.17, 15) is 5.11 Å². The predicted octanol–water partition coefficient (Wildman–Crippen LogP) is 0.404. The van der Waals surface area contributed by atoms with Crippen molar-refractivity contribution in [2.45, 2.75) is 31.1 Å². The standard InChI is InChI=1S/C9H20O5Si/c1-11-15(12-2,13-3)5-4-8(10)6-9-7-14-9/h8-10H,4-7H2,1-3H3/t8?,9-/m1/s1. The second-order valence-electron chi connectivity index (χ2n) is 3.68. The van der Waals surface area contributed by atoms with Crippen molar-refractivity contribution in [3.05, 3.63) is 0 Å². The van der Waals surface area contributed by atoms with Gasteiger partial charge in [0.1, 0.15) is 0 Å². The minimum Gasteiger partial charge on any atom is -0.393 e. The van der Waals surface area contributed by atoms with E-state index >= 15 is 0 Å². The average molecular weight is 236 g/mol. The largest absolute Gasteiger partial charge is 0.500 e. The fourth-order valence-electron chi connectivity index (χ4n) is 1.53. The Bertz CT molecular complexity index is 173. The normalized spacial score (nSPS) is 22.8. The Hall–Kier alpha value is 0.0169. The molecule has 0 aromatic heterocycles. The highest BCUT2D eigenvalue weighted by Crippen LogP contribution is 2.21. The lowest BCUT2D eigenvalue weighted by Gasteiger charge is -2.25. The molecule has 0 saturated carbocycles. The molecular weight excluding hydrogens is 216 g/mol. The zero-order valence-electron chi connectivity index (χ0n) is 9.56. The van der Waals surface area contributed by atoms with Crippen molar-refractivity contribution in [2.24, 2.45) is 0 Å². The third-order valence-corrected chi connectivity index (χ3v) is 5.42. The first kappa shape index (κ1) is 13.1. The van der Waals surface area contributed by atoms with Crippen LogP contribution in [0.1, 0.15) is 12.8 Å². The first-order valence-corrected chi connectivity index (χ1v) is 7.04. The van der Waals surface area contributed by atoms with Gasteiger partial charge in [-0.1, -0.05) is 0 Å². The Labute approximate surface area is 91.7 Å². The lowest BCUT2D eigenvalue weighted by molar-refractivity contribution is 0.105. The van der Waals surface area contributed by atoms with E-state index in [0.29, 0.717) is 18.9 Å². The van der Waals surface area contributed by atoms with Gasteiger partial charge < -0.3 is 23.1 Å². The van der Waals surface area contributed by atoms with Crippen molar-refractivity contribution >= 4 is 8.80 Å². The summed E-state index contributed by atoms with van der Waals surface area (Å²) >= 11 is 0. The van der Waals surface area contributed by atoms with Gasteiger partial charge in [-0.15, -0.1) is 0 Å². The molecule has 5 nitrogen and oxygen atoms in total. The predicted molar refractivity (Wildman–Crippen MR) is 56.6 cm³/mol. The van der Waals surface area contributed by atoms with Crippen LogP contribution in [0.4, 0.5) is 0 Å². The molecule has 0 bridgehead atoms. The van der Waals surface area contributed by atoms with Gasteiger partial charge >= 0.3 is 8.80 Å². The van der Waals surface area contributed by atoms with Gasteiger partial charge in [-0.3, -0.25) is 0 Å². The molecule has 0 spiro atoms. The smallest absolute Gasteiger partial charge is 0.393 e. The van der Waals surface area contributed by atoms with Gasteiger partial charge in [0.25, 0.3) is 0 Å². The van der Waals surface area contributed by atoms with Crippen molar-refractivity contribution in [2.75, 3.05) is 27.9 Å². The zero-order valence-corrected chi connectivity index (χ0v) is 10.6. The van der Waals surface area contributed by atoms with E-state index in [1.54, 1.807) is 21.3 Å². The van der Waals surface area contributed by atoms with Gasteiger partial charge in [-0.2, -0.15) is 0 Å². The number of ether oxygens (including phenoxy) is 1. The van der Waals surface area contributed by atoms with Crippen LogP contribution in [0.5, 0.6) is 0 Å². The number of aliphatic hydroxyl groups excluding tert-OH is 1. The minimum absolute atomic E-state index is 0.253. The molecule has 6 heteroatoms. The molecule has 1 rings (SSSR count). The van der Waals surface area contributed by atoms with E-state index in [-0.39, 0.29) is 12.2 Å². The first-order valence-electron chi connectivity index (χ1n) is 5.11. The highest BCUT2D eigenvalue weighted by Gasteiger charge is 2.38. The summed E-state index contributed by atoms with van der Waals surface area (Å²) in [5.41, 5.74) is 0. The van der Waals surface area contributed by atoms with Crippen LogP contribution in [0.15, 0.2) is 0 Å². The zero-order chi connectivity index (χ0) is 11.3. The van der Waals surface area contributed by atoms with E-state index in [1.807, 2.05) is 0 Å². The van der Waals surface area contributed by atoms with Crippen molar-refractivity contribution < 1.29 is 23.1 Å². The molecule has 0 amide bonds. The maximum atomic E-state index is 9.69. The molecule has 0 aromatic carbocycles. The van der Waals surface area contributed by atoms with Crippen LogP contribution < -0.4 is 0 Å². The summed E-state index contributed by atoms with van der Waals surface area (Å²) in [5, 5.41) is 9.69. The molecule has 1 heterocycles. The summed E-state index contributed by atoms with van der Waals surface area (Å²) in [4.78, 5) is 0. The molecule has 0 radical (unpaired) electrons. The number of hydrogen-bond acceptors (Lipinski definition) is 5. The van der Waals surface area contributed by atoms with Gasteiger partial charge in [-0.05, 0) is 6.42 Å². The van der Waals surface area contributed by atoms with E-state index in [0.717, 1.165) is 6.61 Å². The topological polar surface area (TPSA) is 60.5 Å². The molecule has 0 aliphatic carbocycles. The number of aliphatic hydroxyl groups is 1. The molecule has 1 aliphatic heterocycles. The van der Waals surface area contributed by atoms with E-state index in [1.165, 1.54) is 0 Å². The fourth-order valence-corrected chi connectivity index (χ4v) is 3.32. The summed E-state index contributed by atoms with van der Waals surface area (Å²) in [7, 11) is 2.23. The molecule has 1 unspecified atom stereocenters. The van der Waals surface area contributed by atoms with Crippen molar-refractivity contribution in [1.82, 2.24) is 0 Å². The lowest BCUT2D eigenvalue weighted by atomic mass is 10.2. The van der Waals surface area contributed by atoms with Crippen molar-refractivity contribution in [1.29, 1.82) is 0 Å². The Kier molecular flexibility index (Phi) is 5.17. The van der Waals surface area contributed by atoms with Crippen molar-refractivity contribution in [3.63, 3.8) is 0 Å². The van der Waals surface area contributed by atoms with Crippen molar-refractivity contribution in [3.8, 4) is 0 Å². The van der Waals surface area contributed by atoms with Crippen LogP contribution in [0.25, 0.3) is 0 Å². The molecule has 90 valence electrons. The fraction of sp³-hybridized carbons (Fsp3) is 1.00. The number of rotatable bonds is 8. The average Bonchev–Trinajstić information content (AvgIpc) is 3.05. The summed E-state index contributed by atoms with van der Waals surface area (Å²) in [6.07, 6.45) is 1.22. The van der Waals surface area contributed by atoms with E-state index in [2.05, 4.69) is 0 Å². The SMILES string of the molecule is CO[Si](CCC(O)C[C@@H]1CO1)(OC)OC. The maximum Gasteiger partial charge on any atom is 0.500 e. The van der Waals surface area contributed by atoms with Crippen LogP contribution in [-0.2, 0) is 18.0 Å². The number of epoxide rings is 1. The summed E-state index contributed by atoms with van der Waals surface area (Å²) < 4.78 is 20.8. The second kappa shape index (κ2) is 5.93.